The van der Waals surface area contributed by atoms with E-state index < -0.39 is 10.0 Å². The molecule has 7 nitrogen and oxygen atoms in total. The van der Waals surface area contributed by atoms with E-state index in [1.54, 1.807) is 38.5 Å². The highest BCUT2D eigenvalue weighted by Crippen LogP contribution is 2.30. The van der Waals surface area contributed by atoms with Gasteiger partial charge in [-0.25, -0.2) is 8.42 Å². The van der Waals surface area contributed by atoms with E-state index in [9.17, 15) is 13.2 Å². The molecule has 1 atom stereocenters. The molecule has 1 saturated heterocycles. The van der Waals surface area contributed by atoms with E-state index in [1.807, 2.05) is 25.1 Å². The summed E-state index contributed by atoms with van der Waals surface area (Å²) >= 11 is 0. The summed E-state index contributed by atoms with van der Waals surface area (Å²) in [5.41, 5.74) is 1.84. The lowest BCUT2D eigenvalue weighted by molar-refractivity contribution is -0.121. The van der Waals surface area contributed by atoms with Crippen molar-refractivity contribution in [1.82, 2.24) is 9.62 Å². The summed E-state index contributed by atoms with van der Waals surface area (Å²) in [6.45, 7) is 3.09. The molecule has 1 aliphatic rings. The predicted molar refractivity (Wildman–Crippen MR) is 119 cm³/mol. The lowest BCUT2D eigenvalue weighted by Gasteiger charge is -2.17. The molecule has 0 aromatic heterocycles. The molecule has 8 heteroatoms. The number of rotatable bonds is 9. The van der Waals surface area contributed by atoms with Crippen LogP contribution in [0.4, 0.5) is 0 Å². The second-order valence-corrected chi connectivity index (χ2v) is 9.60. The molecule has 2 aromatic rings. The van der Waals surface area contributed by atoms with Gasteiger partial charge >= 0.3 is 0 Å². The smallest absolute Gasteiger partial charge is 0.243 e. The maximum absolute atomic E-state index is 12.6. The zero-order valence-corrected chi connectivity index (χ0v) is 19.1. The summed E-state index contributed by atoms with van der Waals surface area (Å²) in [5.74, 6) is 1.18. The quantitative estimate of drug-likeness (QED) is 0.639. The van der Waals surface area contributed by atoms with Crippen molar-refractivity contribution in [1.29, 1.82) is 0 Å². The first-order valence-corrected chi connectivity index (χ1v) is 11.9. The highest BCUT2D eigenvalue weighted by Gasteiger charge is 2.26. The van der Waals surface area contributed by atoms with Crippen molar-refractivity contribution in [2.24, 2.45) is 0 Å². The van der Waals surface area contributed by atoms with Gasteiger partial charge in [0.05, 0.1) is 25.2 Å². The van der Waals surface area contributed by atoms with Gasteiger partial charge in [-0.2, -0.15) is 4.31 Å². The molecular weight excluding hydrogens is 416 g/mol. The maximum atomic E-state index is 12.6. The number of hydrogen-bond donors (Lipinski definition) is 1. The number of carbonyl (C=O) groups excluding carboxylic acids is 1. The molecule has 31 heavy (non-hydrogen) atoms. The summed E-state index contributed by atoms with van der Waals surface area (Å²) in [7, 11) is -0.253. The van der Waals surface area contributed by atoms with Gasteiger partial charge in [-0.15, -0.1) is 0 Å². The number of hydrogen-bond acceptors (Lipinski definition) is 5. The minimum atomic E-state index is -3.41. The van der Waals surface area contributed by atoms with Gasteiger partial charge in [0.1, 0.15) is 0 Å². The molecule has 168 valence electrons. The average molecular weight is 447 g/mol. The van der Waals surface area contributed by atoms with E-state index in [1.165, 1.54) is 4.31 Å². The Hall–Kier alpha value is -2.58. The van der Waals surface area contributed by atoms with Crippen LogP contribution in [0, 0.1) is 0 Å². The Kier molecular flexibility index (Phi) is 7.56. The Balaban J connectivity index is 1.54. The fraction of sp³-hybridized carbons (Fsp3) is 0.435. The molecule has 0 radical (unpaired) electrons. The molecule has 1 N–H and O–H groups in total. The first-order chi connectivity index (χ1) is 14.8. The second-order valence-electron chi connectivity index (χ2n) is 7.66. The average Bonchev–Trinajstić information content (AvgIpc) is 3.33. The van der Waals surface area contributed by atoms with Crippen molar-refractivity contribution >= 4 is 15.9 Å². The van der Waals surface area contributed by atoms with Gasteiger partial charge in [0.25, 0.3) is 0 Å². The third-order valence-corrected chi connectivity index (χ3v) is 7.46. The van der Waals surface area contributed by atoms with E-state index in [0.717, 1.165) is 24.0 Å². The number of ether oxygens (including phenoxy) is 2. The summed E-state index contributed by atoms with van der Waals surface area (Å²) in [6, 6.07) is 12.2. The zero-order valence-electron chi connectivity index (χ0n) is 18.3. The first-order valence-electron chi connectivity index (χ1n) is 10.5. The SMILES string of the molecule is COc1ccc([C@@H](C)NC(=O)CCc2ccc(S(=O)(=O)N3CCCC3)cc2)cc1OC. The molecule has 0 bridgehead atoms. The van der Waals surface area contributed by atoms with Gasteiger partial charge in [-0.05, 0) is 61.6 Å². The molecule has 1 heterocycles. The highest BCUT2D eigenvalue weighted by atomic mass is 32.2. The van der Waals surface area contributed by atoms with Crippen molar-refractivity contribution in [3.63, 3.8) is 0 Å². The van der Waals surface area contributed by atoms with Crippen LogP contribution in [-0.2, 0) is 21.2 Å². The zero-order chi connectivity index (χ0) is 22.4. The van der Waals surface area contributed by atoms with Crippen LogP contribution in [0.2, 0.25) is 0 Å². The number of carbonyl (C=O) groups is 1. The van der Waals surface area contributed by atoms with E-state index in [0.29, 0.717) is 42.3 Å². The van der Waals surface area contributed by atoms with Gasteiger partial charge in [0.2, 0.25) is 15.9 Å². The molecule has 3 rings (SSSR count). The van der Waals surface area contributed by atoms with E-state index >= 15 is 0 Å². The Morgan fingerprint density at radius 1 is 1.03 bits per heavy atom. The van der Waals surface area contributed by atoms with Gasteiger partial charge in [0, 0.05) is 19.5 Å². The Bertz CT molecular complexity index is 999. The number of benzene rings is 2. The van der Waals surface area contributed by atoms with Crippen molar-refractivity contribution in [2.75, 3.05) is 27.3 Å². The maximum Gasteiger partial charge on any atom is 0.243 e. The summed E-state index contributed by atoms with van der Waals surface area (Å²) in [6.07, 6.45) is 2.67. The second kappa shape index (κ2) is 10.2. The van der Waals surface area contributed by atoms with E-state index in [4.69, 9.17) is 9.47 Å². The molecule has 0 aliphatic carbocycles. The van der Waals surface area contributed by atoms with Crippen LogP contribution in [0.25, 0.3) is 0 Å². The molecule has 1 fully saturated rings. The van der Waals surface area contributed by atoms with Crippen LogP contribution in [0.5, 0.6) is 11.5 Å². The molecule has 0 spiro atoms. The number of amides is 1. The molecule has 2 aromatic carbocycles. The molecular formula is C23H30N2O5S. The van der Waals surface area contributed by atoms with Crippen LogP contribution in [0.3, 0.4) is 0 Å². The van der Waals surface area contributed by atoms with Crippen LogP contribution >= 0.6 is 0 Å². The predicted octanol–water partition coefficient (Wildman–Crippen LogP) is 3.30. The van der Waals surface area contributed by atoms with Gasteiger partial charge in [0.15, 0.2) is 11.5 Å². The topological polar surface area (TPSA) is 84.9 Å². The summed E-state index contributed by atoms with van der Waals surface area (Å²) < 4.78 is 37.3. The number of aryl methyl sites for hydroxylation is 1. The molecule has 1 aliphatic heterocycles. The van der Waals surface area contributed by atoms with Gasteiger partial charge in [-0.1, -0.05) is 18.2 Å². The van der Waals surface area contributed by atoms with Gasteiger partial charge in [-0.3, -0.25) is 4.79 Å². The molecule has 0 unspecified atom stereocenters. The molecule has 1 amide bonds. The summed E-state index contributed by atoms with van der Waals surface area (Å²) in [4.78, 5) is 12.7. The first kappa shape index (κ1) is 23.1. The lowest BCUT2D eigenvalue weighted by atomic mass is 10.1. The Labute approximate surface area is 184 Å². The number of sulfonamides is 1. The standard InChI is InChI=1S/C23H30N2O5S/c1-17(19-9-12-21(29-2)22(16-19)30-3)24-23(26)13-8-18-6-10-20(11-7-18)31(27,28)25-14-4-5-15-25/h6-7,9-12,16-17H,4-5,8,13-15H2,1-3H3,(H,24,26)/t17-/m1/s1. The Morgan fingerprint density at radius 3 is 2.29 bits per heavy atom. The fourth-order valence-corrected chi connectivity index (χ4v) is 5.20. The number of nitrogens with zero attached hydrogens (tertiary/aromatic N) is 1. The fourth-order valence-electron chi connectivity index (χ4n) is 3.68. The lowest BCUT2D eigenvalue weighted by Crippen LogP contribution is -2.28. The van der Waals surface area contributed by atoms with Crippen LogP contribution in [0.1, 0.15) is 43.4 Å². The van der Waals surface area contributed by atoms with Crippen LogP contribution in [-0.4, -0.2) is 45.9 Å². The van der Waals surface area contributed by atoms with Crippen LogP contribution < -0.4 is 14.8 Å². The largest absolute Gasteiger partial charge is 0.493 e. The summed E-state index contributed by atoms with van der Waals surface area (Å²) in [5, 5.41) is 2.99. The van der Waals surface area contributed by atoms with Crippen molar-refractivity contribution in [3.05, 3.63) is 53.6 Å². The minimum Gasteiger partial charge on any atom is -0.493 e. The third kappa shape index (κ3) is 5.57. The Morgan fingerprint density at radius 2 is 1.68 bits per heavy atom. The number of nitrogens with one attached hydrogen (secondary N) is 1. The van der Waals surface area contributed by atoms with Gasteiger partial charge < -0.3 is 14.8 Å². The monoisotopic (exact) mass is 446 g/mol. The van der Waals surface area contributed by atoms with Crippen molar-refractivity contribution < 1.29 is 22.7 Å². The minimum absolute atomic E-state index is 0.0731. The highest BCUT2D eigenvalue weighted by molar-refractivity contribution is 7.89. The van der Waals surface area contributed by atoms with E-state index in [-0.39, 0.29) is 11.9 Å². The number of methoxy groups -OCH3 is 2. The van der Waals surface area contributed by atoms with Crippen molar-refractivity contribution in [3.8, 4) is 11.5 Å². The van der Waals surface area contributed by atoms with E-state index in [2.05, 4.69) is 5.32 Å². The van der Waals surface area contributed by atoms with Crippen molar-refractivity contribution in [2.45, 2.75) is 43.5 Å². The molecule has 0 saturated carbocycles. The van der Waals surface area contributed by atoms with Crippen LogP contribution in [0.15, 0.2) is 47.4 Å². The normalized spacial score (nSPS) is 15.5. The third-order valence-electron chi connectivity index (χ3n) is 5.55.